The van der Waals surface area contributed by atoms with Crippen LogP contribution in [0, 0.1) is 0 Å². The Labute approximate surface area is 188 Å². The third-order valence-corrected chi connectivity index (χ3v) is 10.3. The number of carbonyl (C=O) groups excluding carboxylic acids is 1. The standard InChI is InChI=1S/C29H23O2P/c1-31-29(30)28-21-26(22-13-5-2-6-14-22)25-19-11-12-20-27(25)32(28,23-15-7-3-8-16-23)24-17-9-4-10-18-24/h2-21H,1H3. The van der Waals surface area contributed by atoms with Crippen LogP contribution in [0.4, 0.5) is 0 Å². The maximum Gasteiger partial charge on any atom is 0.338 e. The second-order valence-electron chi connectivity index (χ2n) is 7.66. The Balaban J connectivity index is 2.02. The van der Waals surface area contributed by atoms with E-state index in [4.69, 9.17) is 4.74 Å². The highest BCUT2D eigenvalue weighted by Gasteiger charge is 2.37. The molecule has 0 bridgehead atoms. The molecule has 0 fully saturated rings. The molecule has 0 saturated carbocycles. The van der Waals surface area contributed by atoms with Gasteiger partial charge in [-0.25, -0.2) is 4.79 Å². The minimum atomic E-state index is -2.46. The monoisotopic (exact) mass is 434 g/mol. The zero-order chi connectivity index (χ0) is 22.0. The minimum Gasteiger partial charge on any atom is -0.465 e. The molecule has 0 spiro atoms. The summed E-state index contributed by atoms with van der Waals surface area (Å²) in [4.78, 5) is 13.4. The molecule has 0 aromatic heterocycles. The van der Waals surface area contributed by atoms with Crippen molar-refractivity contribution >= 4 is 39.6 Å². The fraction of sp³-hybridized carbons (Fsp3) is 0.0345. The molecule has 0 atom stereocenters. The Morgan fingerprint density at radius 1 is 0.656 bits per heavy atom. The topological polar surface area (TPSA) is 26.3 Å². The van der Waals surface area contributed by atoms with Crippen molar-refractivity contribution in [2.75, 3.05) is 7.11 Å². The lowest BCUT2D eigenvalue weighted by molar-refractivity contribution is -0.132. The van der Waals surface area contributed by atoms with Crippen molar-refractivity contribution in [2.45, 2.75) is 0 Å². The first kappa shape index (κ1) is 20.3. The number of rotatable bonds is 4. The van der Waals surface area contributed by atoms with Gasteiger partial charge in [-0.15, -0.1) is 0 Å². The van der Waals surface area contributed by atoms with Gasteiger partial charge in [-0.05, 0) is 45.6 Å². The van der Waals surface area contributed by atoms with Gasteiger partial charge in [0, 0.05) is 0 Å². The molecule has 1 aliphatic rings. The molecule has 2 nitrogen and oxygen atoms in total. The first-order valence-electron chi connectivity index (χ1n) is 10.6. The number of hydrogen-bond acceptors (Lipinski definition) is 2. The van der Waals surface area contributed by atoms with Gasteiger partial charge < -0.3 is 4.74 Å². The number of ether oxygens (including phenoxy) is 1. The Morgan fingerprint density at radius 3 is 1.72 bits per heavy atom. The summed E-state index contributed by atoms with van der Waals surface area (Å²) in [5.41, 5.74) is 3.29. The number of methoxy groups -OCH3 is 1. The number of fused-ring (bicyclic) bond motifs is 1. The van der Waals surface area contributed by atoms with Crippen molar-refractivity contribution in [3.63, 3.8) is 0 Å². The smallest absolute Gasteiger partial charge is 0.338 e. The molecule has 32 heavy (non-hydrogen) atoms. The van der Waals surface area contributed by atoms with Crippen LogP contribution in [0.5, 0.6) is 0 Å². The molecule has 0 amide bonds. The summed E-state index contributed by atoms with van der Waals surface area (Å²) in [5, 5.41) is 4.18. The molecular formula is C29H23O2P. The van der Waals surface area contributed by atoms with E-state index >= 15 is 0 Å². The van der Waals surface area contributed by atoms with E-state index in [0.717, 1.165) is 32.6 Å². The van der Waals surface area contributed by atoms with E-state index in [1.165, 1.54) is 12.4 Å². The van der Waals surface area contributed by atoms with Crippen LogP contribution in [-0.2, 0) is 9.53 Å². The van der Waals surface area contributed by atoms with E-state index < -0.39 is 6.89 Å². The molecule has 5 rings (SSSR count). The van der Waals surface area contributed by atoms with E-state index in [9.17, 15) is 4.79 Å². The maximum absolute atomic E-state index is 13.4. The summed E-state index contributed by atoms with van der Waals surface area (Å²) < 4.78 is 5.39. The molecule has 0 radical (unpaired) electrons. The number of carbonyl (C=O) groups is 1. The second-order valence-corrected chi connectivity index (χ2v) is 11.0. The van der Waals surface area contributed by atoms with Gasteiger partial charge in [0.25, 0.3) is 0 Å². The van der Waals surface area contributed by atoms with Gasteiger partial charge in [0.15, 0.2) is 0 Å². The van der Waals surface area contributed by atoms with E-state index in [1.54, 1.807) is 0 Å². The van der Waals surface area contributed by atoms with Crippen molar-refractivity contribution in [2.24, 2.45) is 0 Å². The Morgan fingerprint density at radius 2 is 1.16 bits per heavy atom. The summed E-state index contributed by atoms with van der Waals surface area (Å²) in [6.07, 6.45) is 2.07. The largest absolute Gasteiger partial charge is 0.465 e. The van der Waals surface area contributed by atoms with Crippen molar-refractivity contribution in [1.29, 1.82) is 0 Å². The molecule has 4 aromatic carbocycles. The highest BCUT2D eigenvalue weighted by molar-refractivity contribution is 7.97. The predicted octanol–water partition coefficient (Wildman–Crippen LogP) is 4.77. The summed E-state index contributed by atoms with van der Waals surface area (Å²) in [7, 11) is 1.47. The van der Waals surface area contributed by atoms with Gasteiger partial charge in [-0.2, -0.15) is 0 Å². The van der Waals surface area contributed by atoms with Crippen LogP contribution in [0.3, 0.4) is 0 Å². The zero-order valence-corrected chi connectivity index (χ0v) is 18.7. The van der Waals surface area contributed by atoms with E-state index in [-0.39, 0.29) is 5.97 Å². The first-order chi connectivity index (χ1) is 15.8. The van der Waals surface area contributed by atoms with Crippen molar-refractivity contribution in [3.8, 4) is 0 Å². The molecule has 0 unspecified atom stereocenters. The van der Waals surface area contributed by atoms with Gasteiger partial charge in [0.2, 0.25) is 0 Å². The normalized spacial score (nSPS) is 14.3. The first-order valence-corrected chi connectivity index (χ1v) is 12.4. The Bertz CT molecular complexity index is 1310. The third-order valence-electron chi connectivity index (χ3n) is 5.96. The molecule has 4 aromatic rings. The quantitative estimate of drug-likeness (QED) is 0.342. The molecule has 0 saturated heterocycles. The van der Waals surface area contributed by atoms with Crippen LogP contribution in [0.15, 0.2) is 121 Å². The maximum atomic E-state index is 13.4. The molecule has 0 N–H and O–H groups in total. The predicted molar refractivity (Wildman–Crippen MR) is 136 cm³/mol. The van der Waals surface area contributed by atoms with Gasteiger partial charge >= 0.3 is 5.97 Å². The zero-order valence-electron chi connectivity index (χ0n) is 17.8. The van der Waals surface area contributed by atoms with Gasteiger partial charge in [0.05, 0.1) is 12.4 Å². The van der Waals surface area contributed by atoms with E-state index in [1.807, 2.05) is 54.6 Å². The Hall–Kier alpha value is -3.61. The number of hydrogen-bond donors (Lipinski definition) is 0. The van der Waals surface area contributed by atoms with Crippen LogP contribution in [0.2, 0.25) is 0 Å². The van der Waals surface area contributed by atoms with Crippen LogP contribution >= 0.6 is 6.89 Å². The lowest BCUT2D eigenvalue weighted by Gasteiger charge is -2.36. The van der Waals surface area contributed by atoms with E-state index in [2.05, 4.69) is 66.7 Å². The van der Waals surface area contributed by atoms with Crippen LogP contribution < -0.4 is 15.9 Å². The molecular weight excluding hydrogens is 411 g/mol. The SMILES string of the molecule is COC(=O)C1=P(c2ccccc2)(c2ccccc2)c2ccccc2C(c2ccccc2)=C1. The fourth-order valence-corrected chi connectivity index (χ4v) is 9.06. The van der Waals surface area contributed by atoms with Crippen molar-refractivity contribution in [3.05, 3.63) is 132 Å². The van der Waals surface area contributed by atoms with Gasteiger partial charge in [0.1, 0.15) is 0 Å². The van der Waals surface area contributed by atoms with Crippen LogP contribution in [-0.4, -0.2) is 18.4 Å². The summed E-state index contributed by atoms with van der Waals surface area (Å²) in [6.45, 7) is -2.46. The summed E-state index contributed by atoms with van der Waals surface area (Å²) in [6, 6.07) is 39.5. The lowest BCUT2D eigenvalue weighted by atomic mass is 9.96. The fourth-order valence-electron chi connectivity index (χ4n) is 4.60. The Kier molecular flexibility index (Phi) is 5.39. The van der Waals surface area contributed by atoms with Gasteiger partial charge in [-0.1, -0.05) is 115 Å². The molecule has 156 valence electrons. The average molecular weight is 434 g/mol. The average Bonchev–Trinajstić information content (AvgIpc) is 2.88. The second kappa shape index (κ2) is 8.49. The van der Waals surface area contributed by atoms with Crippen LogP contribution in [0.25, 0.3) is 5.57 Å². The van der Waals surface area contributed by atoms with Gasteiger partial charge in [-0.3, -0.25) is 0 Å². The molecule has 0 aliphatic carbocycles. The minimum absolute atomic E-state index is 0.283. The molecule has 1 heterocycles. The van der Waals surface area contributed by atoms with E-state index in [0.29, 0.717) is 0 Å². The summed E-state index contributed by atoms with van der Waals surface area (Å²) in [5.74, 6) is -0.283. The summed E-state index contributed by atoms with van der Waals surface area (Å²) >= 11 is 0. The third kappa shape index (κ3) is 3.16. The highest BCUT2D eigenvalue weighted by atomic mass is 31.2. The number of benzene rings is 4. The number of esters is 1. The molecule has 1 aliphatic heterocycles. The lowest BCUT2D eigenvalue weighted by Crippen LogP contribution is -2.37. The highest BCUT2D eigenvalue weighted by Crippen LogP contribution is 2.51. The van der Waals surface area contributed by atoms with Crippen molar-refractivity contribution in [1.82, 2.24) is 0 Å². The molecule has 3 heteroatoms. The van der Waals surface area contributed by atoms with Crippen molar-refractivity contribution < 1.29 is 9.53 Å². The van der Waals surface area contributed by atoms with Crippen LogP contribution in [0.1, 0.15) is 11.1 Å².